The maximum atomic E-state index is 11.4. The number of aromatic nitrogens is 2. The first-order chi connectivity index (χ1) is 10.1. The summed E-state index contributed by atoms with van der Waals surface area (Å²) >= 11 is 1.57. The lowest BCUT2D eigenvalue weighted by Crippen LogP contribution is -2.46. The highest BCUT2D eigenvalue weighted by Crippen LogP contribution is 2.25. The first kappa shape index (κ1) is 14.2. The number of piperidine rings is 1. The Labute approximate surface area is 126 Å². The number of nitrogens with zero attached hydrogens (tertiary/aromatic N) is 3. The Balaban J connectivity index is 1.72. The Morgan fingerprint density at radius 3 is 3.19 bits per heavy atom. The van der Waals surface area contributed by atoms with Crippen LogP contribution in [0.25, 0.3) is 11.5 Å². The SMILES string of the molecule is CC1CCN(Cc2noc(-c3ccsc3)n2)C(C(=O)O)C1. The molecule has 0 aliphatic carbocycles. The Kier molecular flexibility index (Phi) is 4.03. The van der Waals surface area contributed by atoms with Gasteiger partial charge >= 0.3 is 5.97 Å². The standard InChI is InChI=1S/C14H17N3O3S/c1-9-2-4-17(11(6-9)14(18)19)7-12-15-13(20-16-12)10-3-5-21-8-10/h3,5,8-9,11H,2,4,6-7H2,1H3,(H,18,19). The molecule has 112 valence electrons. The number of thiophene rings is 1. The van der Waals surface area contributed by atoms with Gasteiger partial charge in [-0.2, -0.15) is 16.3 Å². The number of rotatable bonds is 4. The minimum Gasteiger partial charge on any atom is -0.480 e. The fourth-order valence-electron chi connectivity index (χ4n) is 2.64. The molecule has 6 nitrogen and oxygen atoms in total. The Morgan fingerprint density at radius 1 is 1.62 bits per heavy atom. The van der Waals surface area contributed by atoms with Gasteiger partial charge < -0.3 is 9.63 Å². The number of likely N-dealkylation sites (tertiary alicyclic amines) is 1. The molecule has 21 heavy (non-hydrogen) atoms. The summed E-state index contributed by atoms with van der Waals surface area (Å²) in [6.45, 7) is 3.26. The first-order valence-corrected chi connectivity index (χ1v) is 7.90. The molecule has 1 aliphatic heterocycles. The zero-order valence-electron chi connectivity index (χ0n) is 11.7. The second-order valence-electron chi connectivity index (χ2n) is 5.48. The second kappa shape index (κ2) is 5.95. The predicted octanol–water partition coefficient (Wildman–Crippen LogP) is 2.48. The Bertz CT molecular complexity index is 611. The molecule has 0 amide bonds. The number of hydrogen-bond acceptors (Lipinski definition) is 6. The molecule has 1 fully saturated rings. The second-order valence-corrected chi connectivity index (χ2v) is 6.26. The van der Waals surface area contributed by atoms with Crippen molar-refractivity contribution in [1.82, 2.24) is 15.0 Å². The summed E-state index contributed by atoms with van der Waals surface area (Å²) in [7, 11) is 0. The lowest BCUT2D eigenvalue weighted by molar-refractivity contribution is -0.145. The van der Waals surface area contributed by atoms with Crippen molar-refractivity contribution in [1.29, 1.82) is 0 Å². The van der Waals surface area contributed by atoms with Crippen molar-refractivity contribution < 1.29 is 14.4 Å². The summed E-state index contributed by atoms with van der Waals surface area (Å²) in [4.78, 5) is 17.7. The highest BCUT2D eigenvalue weighted by atomic mass is 32.1. The molecule has 1 aliphatic rings. The summed E-state index contributed by atoms with van der Waals surface area (Å²) in [5, 5.41) is 17.2. The van der Waals surface area contributed by atoms with E-state index in [1.54, 1.807) is 11.3 Å². The van der Waals surface area contributed by atoms with E-state index in [1.807, 2.05) is 21.7 Å². The van der Waals surface area contributed by atoms with E-state index in [0.29, 0.717) is 30.6 Å². The van der Waals surface area contributed by atoms with E-state index in [4.69, 9.17) is 4.52 Å². The van der Waals surface area contributed by atoms with Crippen LogP contribution in [0.5, 0.6) is 0 Å². The molecule has 3 heterocycles. The average Bonchev–Trinajstić information content (AvgIpc) is 3.11. The largest absolute Gasteiger partial charge is 0.480 e. The smallest absolute Gasteiger partial charge is 0.320 e. The van der Waals surface area contributed by atoms with Gasteiger partial charge in [0.05, 0.1) is 12.1 Å². The molecule has 0 spiro atoms. The van der Waals surface area contributed by atoms with E-state index in [2.05, 4.69) is 17.1 Å². The van der Waals surface area contributed by atoms with Gasteiger partial charge in [0, 0.05) is 5.38 Å². The van der Waals surface area contributed by atoms with E-state index in [9.17, 15) is 9.90 Å². The Hall–Kier alpha value is -1.73. The van der Waals surface area contributed by atoms with Gasteiger partial charge in [0.1, 0.15) is 6.04 Å². The van der Waals surface area contributed by atoms with Crippen LogP contribution >= 0.6 is 11.3 Å². The first-order valence-electron chi connectivity index (χ1n) is 6.95. The minimum atomic E-state index is -0.775. The molecule has 2 unspecified atom stereocenters. The predicted molar refractivity (Wildman–Crippen MR) is 77.8 cm³/mol. The Morgan fingerprint density at radius 2 is 2.48 bits per heavy atom. The molecular formula is C14H17N3O3S. The molecule has 1 N–H and O–H groups in total. The molecule has 2 atom stereocenters. The number of carboxylic acid groups (broad SMARTS) is 1. The lowest BCUT2D eigenvalue weighted by atomic mass is 9.92. The molecule has 0 aromatic carbocycles. The van der Waals surface area contributed by atoms with Crippen molar-refractivity contribution in [3.63, 3.8) is 0 Å². The van der Waals surface area contributed by atoms with Crippen molar-refractivity contribution in [2.45, 2.75) is 32.4 Å². The van der Waals surface area contributed by atoms with Crippen molar-refractivity contribution in [3.05, 3.63) is 22.7 Å². The zero-order valence-corrected chi connectivity index (χ0v) is 12.5. The molecule has 3 rings (SSSR count). The summed E-state index contributed by atoms with van der Waals surface area (Å²) in [6.07, 6.45) is 1.67. The zero-order chi connectivity index (χ0) is 14.8. The van der Waals surface area contributed by atoms with Crippen LogP contribution in [0.2, 0.25) is 0 Å². The third kappa shape index (κ3) is 3.14. The summed E-state index contributed by atoms with van der Waals surface area (Å²) in [5.74, 6) is 0.692. The van der Waals surface area contributed by atoms with Crippen molar-refractivity contribution in [2.24, 2.45) is 5.92 Å². The van der Waals surface area contributed by atoms with Crippen molar-refractivity contribution >= 4 is 17.3 Å². The van der Waals surface area contributed by atoms with Crippen LogP contribution in [0.4, 0.5) is 0 Å². The molecule has 0 radical (unpaired) electrons. The maximum absolute atomic E-state index is 11.4. The third-order valence-corrected chi connectivity index (χ3v) is 4.52. The van der Waals surface area contributed by atoms with Gasteiger partial charge in [-0.05, 0) is 36.8 Å². The van der Waals surface area contributed by atoms with Gasteiger partial charge in [0.25, 0.3) is 5.89 Å². The number of carboxylic acids is 1. The van der Waals surface area contributed by atoms with Gasteiger partial charge in [-0.25, -0.2) is 0 Å². The molecular weight excluding hydrogens is 290 g/mol. The summed E-state index contributed by atoms with van der Waals surface area (Å²) in [6, 6.07) is 1.46. The molecule has 2 aromatic heterocycles. The lowest BCUT2D eigenvalue weighted by Gasteiger charge is -2.35. The van der Waals surface area contributed by atoms with E-state index in [1.165, 1.54) is 0 Å². The average molecular weight is 307 g/mol. The van der Waals surface area contributed by atoms with Crippen molar-refractivity contribution in [3.8, 4) is 11.5 Å². The molecule has 1 saturated heterocycles. The minimum absolute atomic E-state index is 0.414. The van der Waals surface area contributed by atoms with Crippen LogP contribution < -0.4 is 0 Å². The van der Waals surface area contributed by atoms with Crippen LogP contribution in [-0.2, 0) is 11.3 Å². The molecule has 0 saturated carbocycles. The fraction of sp³-hybridized carbons (Fsp3) is 0.500. The van der Waals surface area contributed by atoms with Gasteiger partial charge in [-0.3, -0.25) is 9.69 Å². The van der Waals surface area contributed by atoms with Gasteiger partial charge in [0.2, 0.25) is 0 Å². The van der Waals surface area contributed by atoms with Crippen molar-refractivity contribution in [2.75, 3.05) is 6.54 Å². The topological polar surface area (TPSA) is 79.5 Å². The quantitative estimate of drug-likeness (QED) is 0.935. The summed E-state index contributed by atoms with van der Waals surface area (Å²) < 4.78 is 5.24. The van der Waals surface area contributed by atoms with Crippen LogP contribution in [0.3, 0.4) is 0 Å². The fourth-order valence-corrected chi connectivity index (χ4v) is 3.27. The van der Waals surface area contributed by atoms with Gasteiger partial charge in [0.15, 0.2) is 5.82 Å². The van der Waals surface area contributed by atoms with E-state index >= 15 is 0 Å². The van der Waals surface area contributed by atoms with E-state index in [0.717, 1.165) is 18.5 Å². The molecule has 2 aromatic rings. The van der Waals surface area contributed by atoms with E-state index in [-0.39, 0.29) is 0 Å². The highest BCUT2D eigenvalue weighted by molar-refractivity contribution is 7.08. The monoisotopic (exact) mass is 307 g/mol. The summed E-state index contributed by atoms with van der Waals surface area (Å²) in [5.41, 5.74) is 0.904. The van der Waals surface area contributed by atoms with Crippen LogP contribution in [0, 0.1) is 5.92 Å². The maximum Gasteiger partial charge on any atom is 0.320 e. The number of hydrogen-bond donors (Lipinski definition) is 1. The van der Waals surface area contributed by atoms with Crippen LogP contribution in [0.15, 0.2) is 21.3 Å². The molecule has 0 bridgehead atoms. The number of aliphatic carboxylic acids is 1. The normalized spacial score (nSPS) is 23.3. The van der Waals surface area contributed by atoms with Gasteiger partial charge in [-0.1, -0.05) is 12.1 Å². The van der Waals surface area contributed by atoms with E-state index < -0.39 is 12.0 Å². The molecule has 7 heteroatoms. The van der Waals surface area contributed by atoms with Gasteiger partial charge in [-0.15, -0.1) is 0 Å². The van der Waals surface area contributed by atoms with Crippen LogP contribution in [-0.4, -0.2) is 38.7 Å². The van der Waals surface area contributed by atoms with Crippen LogP contribution in [0.1, 0.15) is 25.6 Å². The third-order valence-electron chi connectivity index (χ3n) is 3.84. The highest BCUT2D eigenvalue weighted by Gasteiger charge is 2.32. The number of carbonyl (C=O) groups is 1.